The molecule has 0 aliphatic heterocycles. The smallest absolute Gasteiger partial charge is 0.195 e. The molecule has 0 bridgehead atoms. The zero-order valence-corrected chi connectivity index (χ0v) is 12.6. The summed E-state index contributed by atoms with van der Waals surface area (Å²) in [6, 6.07) is 4.46. The molecule has 3 rings (SSSR count). The van der Waals surface area contributed by atoms with Crippen LogP contribution >= 0.6 is 12.2 Å². The van der Waals surface area contributed by atoms with Gasteiger partial charge in [-0.3, -0.25) is 14.6 Å². The fourth-order valence-electron chi connectivity index (χ4n) is 3.32. The van der Waals surface area contributed by atoms with Gasteiger partial charge in [-0.15, -0.1) is 0 Å². The number of hydrogen-bond acceptors (Lipinski definition) is 3. The van der Waals surface area contributed by atoms with Gasteiger partial charge in [-0.2, -0.15) is 5.10 Å². The van der Waals surface area contributed by atoms with Gasteiger partial charge in [-0.25, -0.2) is 0 Å². The molecule has 2 heterocycles. The highest BCUT2D eigenvalue weighted by atomic mass is 32.1. The molecule has 2 aromatic rings. The average Bonchev–Trinajstić information content (AvgIpc) is 2.89. The lowest BCUT2D eigenvalue weighted by atomic mass is 9.82. The monoisotopic (exact) mass is 288 g/mol. The molecule has 1 fully saturated rings. The van der Waals surface area contributed by atoms with E-state index in [1.165, 1.54) is 32.1 Å². The van der Waals surface area contributed by atoms with Crippen molar-refractivity contribution in [3.05, 3.63) is 29.3 Å². The first-order valence-electron chi connectivity index (χ1n) is 7.38. The lowest BCUT2D eigenvalue weighted by Crippen LogP contribution is -2.23. The minimum atomic E-state index is 0.475. The molecule has 20 heavy (non-hydrogen) atoms. The lowest BCUT2D eigenvalue weighted by molar-refractivity contribution is 0.232. The van der Waals surface area contributed by atoms with E-state index < -0.39 is 0 Å². The Balaban J connectivity index is 2.05. The second-order valence-electron chi connectivity index (χ2n) is 5.48. The van der Waals surface area contributed by atoms with Gasteiger partial charge in [0.05, 0.1) is 0 Å². The van der Waals surface area contributed by atoms with Gasteiger partial charge in [-0.05, 0) is 43.1 Å². The Hall–Kier alpha value is -1.49. The first-order chi connectivity index (χ1) is 9.81. The number of nitrogens with zero attached hydrogens (tertiary/aromatic N) is 3. The minimum absolute atomic E-state index is 0.475. The molecular weight excluding hydrogens is 268 g/mol. The summed E-state index contributed by atoms with van der Waals surface area (Å²) in [5, 5.41) is 7.42. The summed E-state index contributed by atoms with van der Waals surface area (Å²) in [4.78, 5) is 4.08. The fraction of sp³-hybridized carbons (Fsp3) is 0.533. The maximum Gasteiger partial charge on any atom is 0.195 e. The molecule has 1 N–H and O–H groups in total. The zero-order valence-electron chi connectivity index (χ0n) is 11.7. The third kappa shape index (κ3) is 2.42. The Labute approximate surface area is 124 Å². The summed E-state index contributed by atoms with van der Waals surface area (Å²) in [6.07, 6.45) is 9.92. The average molecular weight is 288 g/mol. The number of pyridine rings is 1. The van der Waals surface area contributed by atoms with Crippen molar-refractivity contribution in [2.24, 2.45) is 5.92 Å². The van der Waals surface area contributed by atoms with Crippen LogP contribution in [0.2, 0.25) is 0 Å². The Morgan fingerprint density at radius 1 is 1.30 bits per heavy atom. The second kappa shape index (κ2) is 5.87. The van der Waals surface area contributed by atoms with Gasteiger partial charge in [-0.1, -0.05) is 26.2 Å². The molecule has 1 aliphatic rings. The van der Waals surface area contributed by atoms with E-state index in [2.05, 4.69) is 26.7 Å². The predicted octanol–water partition coefficient (Wildman–Crippen LogP) is 4.14. The van der Waals surface area contributed by atoms with Crippen molar-refractivity contribution in [2.45, 2.75) is 45.1 Å². The molecule has 0 aromatic carbocycles. The largest absolute Gasteiger partial charge is 0.297 e. The number of aromatic amines is 1. The van der Waals surface area contributed by atoms with Crippen LogP contribution in [-0.2, 0) is 0 Å². The van der Waals surface area contributed by atoms with Crippen molar-refractivity contribution in [3.63, 3.8) is 0 Å². The summed E-state index contributed by atoms with van der Waals surface area (Å²) in [5.74, 6) is 1.65. The molecule has 106 valence electrons. The first kappa shape index (κ1) is 13.5. The third-order valence-electron chi connectivity index (χ3n) is 4.37. The summed E-state index contributed by atoms with van der Waals surface area (Å²) in [7, 11) is 0. The Bertz CT molecular complexity index is 616. The normalized spacial score (nSPS) is 22.9. The SMILES string of the molecule is CCC1CCCCC1n1c(-c2ccncc2)n[nH]c1=S. The van der Waals surface area contributed by atoms with Gasteiger partial charge in [0, 0.05) is 24.0 Å². The van der Waals surface area contributed by atoms with Crippen LogP contribution in [0.3, 0.4) is 0 Å². The summed E-state index contributed by atoms with van der Waals surface area (Å²) >= 11 is 5.48. The van der Waals surface area contributed by atoms with Crippen LogP contribution in [0.15, 0.2) is 24.5 Å². The van der Waals surface area contributed by atoms with Crippen LogP contribution in [0.1, 0.15) is 45.1 Å². The first-order valence-corrected chi connectivity index (χ1v) is 7.79. The van der Waals surface area contributed by atoms with E-state index in [0.29, 0.717) is 12.0 Å². The fourth-order valence-corrected chi connectivity index (χ4v) is 3.59. The second-order valence-corrected chi connectivity index (χ2v) is 5.87. The number of hydrogen-bond donors (Lipinski definition) is 1. The number of rotatable bonds is 3. The molecule has 1 saturated carbocycles. The van der Waals surface area contributed by atoms with E-state index in [4.69, 9.17) is 12.2 Å². The maximum absolute atomic E-state index is 5.48. The summed E-state index contributed by atoms with van der Waals surface area (Å²) in [6.45, 7) is 2.28. The van der Waals surface area contributed by atoms with Crippen molar-refractivity contribution in [3.8, 4) is 11.4 Å². The van der Waals surface area contributed by atoms with Gasteiger partial charge in [0.1, 0.15) is 0 Å². The Kier molecular flexibility index (Phi) is 3.96. The molecule has 0 radical (unpaired) electrons. The van der Waals surface area contributed by atoms with Crippen molar-refractivity contribution in [1.29, 1.82) is 0 Å². The van der Waals surface area contributed by atoms with E-state index in [1.54, 1.807) is 12.4 Å². The van der Waals surface area contributed by atoms with Gasteiger partial charge >= 0.3 is 0 Å². The van der Waals surface area contributed by atoms with Gasteiger partial charge in [0.2, 0.25) is 0 Å². The van der Waals surface area contributed by atoms with Crippen molar-refractivity contribution < 1.29 is 0 Å². The highest BCUT2D eigenvalue weighted by Crippen LogP contribution is 2.38. The third-order valence-corrected chi connectivity index (χ3v) is 4.66. The van der Waals surface area contributed by atoms with E-state index >= 15 is 0 Å². The van der Waals surface area contributed by atoms with E-state index in [0.717, 1.165) is 16.2 Å². The van der Waals surface area contributed by atoms with E-state index in [1.807, 2.05) is 12.1 Å². The molecule has 2 atom stereocenters. The molecule has 5 heteroatoms. The minimum Gasteiger partial charge on any atom is -0.297 e. The highest BCUT2D eigenvalue weighted by Gasteiger charge is 2.28. The molecule has 1 aliphatic carbocycles. The highest BCUT2D eigenvalue weighted by molar-refractivity contribution is 7.71. The van der Waals surface area contributed by atoms with Crippen LogP contribution in [0.25, 0.3) is 11.4 Å². The van der Waals surface area contributed by atoms with Gasteiger partial charge in [0.25, 0.3) is 0 Å². The van der Waals surface area contributed by atoms with Gasteiger partial charge < -0.3 is 0 Å². The molecular formula is C15H20N4S. The lowest BCUT2D eigenvalue weighted by Gasteiger charge is -2.32. The molecule has 2 unspecified atom stereocenters. The standard InChI is InChI=1S/C15H20N4S/c1-2-11-5-3-4-6-13(11)19-14(17-18-15(19)20)12-7-9-16-10-8-12/h7-11,13H,2-6H2,1H3,(H,18,20). The topological polar surface area (TPSA) is 46.5 Å². The van der Waals surface area contributed by atoms with Crippen LogP contribution in [0, 0.1) is 10.7 Å². The number of aromatic nitrogens is 4. The molecule has 0 saturated heterocycles. The quantitative estimate of drug-likeness (QED) is 0.863. The van der Waals surface area contributed by atoms with Crippen molar-refractivity contribution >= 4 is 12.2 Å². The number of nitrogens with one attached hydrogen (secondary N) is 1. The number of H-pyrrole nitrogens is 1. The Morgan fingerprint density at radius 2 is 2.05 bits per heavy atom. The molecule has 0 amide bonds. The van der Waals surface area contributed by atoms with Crippen molar-refractivity contribution in [1.82, 2.24) is 19.7 Å². The Morgan fingerprint density at radius 3 is 2.80 bits per heavy atom. The molecule has 2 aromatic heterocycles. The summed E-state index contributed by atoms with van der Waals surface area (Å²) in [5.41, 5.74) is 1.08. The van der Waals surface area contributed by atoms with Crippen LogP contribution in [-0.4, -0.2) is 19.7 Å². The van der Waals surface area contributed by atoms with E-state index in [9.17, 15) is 0 Å². The van der Waals surface area contributed by atoms with E-state index in [-0.39, 0.29) is 0 Å². The maximum atomic E-state index is 5.48. The van der Waals surface area contributed by atoms with Crippen LogP contribution in [0.4, 0.5) is 0 Å². The zero-order chi connectivity index (χ0) is 13.9. The summed E-state index contributed by atoms with van der Waals surface area (Å²) < 4.78 is 2.97. The van der Waals surface area contributed by atoms with Crippen LogP contribution in [0.5, 0.6) is 0 Å². The predicted molar refractivity (Wildman–Crippen MR) is 81.9 cm³/mol. The molecule has 4 nitrogen and oxygen atoms in total. The van der Waals surface area contributed by atoms with Crippen LogP contribution < -0.4 is 0 Å². The van der Waals surface area contributed by atoms with Gasteiger partial charge in [0.15, 0.2) is 10.6 Å². The van der Waals surface area contributed by atoms with Crippen molar-refractivity contribution in [2.75, 3.05) is 0 Å². The molecule has 0 spiro atoms.